The third kappa shape index (κ3) is 5.93. The van der Waals surface area contributed by atoms with Gasteiger partial charge < -0.3 is 20.4 Å². The maximum absolute atomic E-state index is 13.1. The number of likely N-dealkylation sites (N-methyl/N-ethyl adjacent to an activating group) is 1. The van der Waals surface area contributed by atoms with Crippen LogP contribution in [0.3, 0.4) is 0 Å². The van der Waals surface area contributed by atoms with Gasteiger partial charge in [0.05, 0.1) is 6.04 Å². The lowest BCUT2D eigenvalue weighted by Gasteiger charge is -2.39. The number of nitrogens with zero attached hydrogens (tertiary/aromatic N) is 3. The minimum absolute atomic E-state index is 0.0000752. The minimum Gasteiger partial charge on any atom is -0.374 e. The van der Waals surface area contributed by atoms with E-state index in [-0.39, 0.29) is 18.4 Å². The molecule has 7 nitrogen and oxygen atoms in total. The highest BCUT2D eigenvalue weighted by Crippen LogP contribution is 2.31. The Morgan fingerprint density at radius 1 is 0.941 bits per heavy atom. The first-order valence-electron chi connectivity index (χ1n) is 12.0. The predicted molar refractivity (Wildman–Crippen MR) is 131 cm³/mol. The van der Waals surface area contributed by atoms with Crippen molar-refractivity contribution in [3.05, 3.63) is 65.0 Å². The smallest absolute Gasteiger partial charge is 0.309 e. The number of aryl methyl sites for hydroxylation is 1. The van der Waals surface area contributed by atoms with Crippen LogP contribution in [0, 0.1) is 5.82 Å². The standard InChI is InChI=1S/C26H34FN5O2/c1-30-12-14-32(15-13-30)24(21-7-10-23-20(16-21)4-3-11-31(23)2)18-29-26(34)25(33)28-17-19-5-8-22(27)9-6-19/h5-10,16,24H,3-4,11-15,17-18H2,1-2H3,(H,28,33)(H,29,34)/t24-/m1/s1. The van der Waals surface area contributed by atoms with E-state index in [1.807, 2.05) is 0 Å². The number of halogens is 1. The second-order valence-electron chi connectivity index (χ2n) is 9.29. The van der Waals surface area contributed by atoms with E-state index < -0.39 is 11.8 Å². The summed E-state index contributed by atoms with van der Waals surface area (Å²) in [5.74, 6) is -1.68. The van der Waals surface area contributed by atoms with Gasteiger partial charge >= 0.3 is 11.8 Å². The zero-order valence-electron chi connectivity index (χ0n) is 20.0. The highest BCUT2D eigenvalue weighted by molar-refractivity contribution is 6.35. The van der Waals surface area contributed by atoms with Gasteiger partial charge in [-0.1, -0.05) is 24.3 Å². The second kappa shape index (κ2) is 11.0. The summed E-state index contributed by atoms with van der Waals surface area (Å²) in [6, 6.07) is 12.5. The lowest BCUT2D eigenvalue weighted by molar-refractivity contribution is -0.139. The van der Waals surface area contributed by atoms with Gasteiger partial charge in [-0.2, -0.15) is 0 Å². The minimum atomic E-state index is -0.687. The first kappa shape index (κ1) is 24.2. The van der Waals surface area contributed by atoms with Crippen molar-refractivity contribution in [1.29, 1.82) is 0 Å². The van der Waals surface area contributed by atoms with Crippen LogP contribution in [0.25, 0.3) is 0 Å². The van der Waals surface area contributed by atoms with Gasteiger partial charge in [-0.25, -0.2) is 4.39 Å². The van der Waals surface area contributed by atoms with E-state index in [2.05, 4.69) is 57.6 Å². The van der Waals surface area contributed by atoms with E-state index in [1.165, 1.54) is 28.9 Å². The van der Waals surface area contributed by atoms with Gasteiger partial charge in [0.1, 0.15) is 5.82 Å². The van der Waals surface area contributed by atoms with Crippen molar-refractivity contribution in [2.24, 2.45) is 0 Å². The molecule has 2 aromatic rings. The molecule has 182 valence electrons. The second-order valence-corrected chi connectivity index (χ2v) is 9.29. The molecule has 2 aliphatic rings. The van der Waals surface area contributed by atoms with Gasteiger partial charge in [0.25, 0.3) is 0 Å². The van der Waals surface area contributed by atoms with Crippen molar-refractivity contribution in [2.75, 3.05) is 58.3 Å². The fourth-order valence-electron chi connectivity index (χ4n) is 4.74. The van der Waals surface area contributed by atoms with E-state index in [1.54, 1.807) is 12.1 Å². The summed E-state index contributed by atoms with van der Waals surface area (Å²) in [7, 11) is 4.24. The molecule has 2 aliphatic heterocycles. The zero-order valence-corrected chi connectivity index (χ0v) is 20.0. The Kier molecular flexibility index (Phi) is 7.80. The van der Waals surface area contributed by atoms with Crippen molar-refractivity contribution in [1.82, 2.24) is 20.4 Å². The molecule has 2 aromatic carbocycles. The van der Waals surface area contributed by atoms with Crippen molar-refractivity contribution in [3.8, 4) is 0 Å². The largest absolute Gasteiger partial charge is 0.374 e. The lowest BCUT2D eigenvalue weighted by Crippen LogP contribution is -2.49. The van der Waals surface area contributed by atoms with Gasteiger partial charge in [0, 0.05) is 58.5 Å². The first-order valence-corrected chi connectivity index (χ1v) is 12.0. The maximum Gasteiger partial charge on any atom is 0.309 e. The van der Waals surface area contributed by atoms with Crippen LogP contribution in [0.15, 0.2) is 42.5 Å². The van der Waals surface area contributed by atoms with Crippen LogP contribution >= 0.6 is 0 Å². The molecule has 0 aromatic heterocycles. The third-order valence-corrected chi connectivity index (χ3v) is 6.85. The molecule has 1 saturated heterocycles. The number of amides is 2. The molecule has 4 rings (SSSR count). The van der Waals surface area contributed by atoms with Crippen molar-refractivity contribution >= 4 is 17.5 Å². The van der Waals surface area contributed by atoms with Crippen LogP contribution in [0.2, 0.25) is 0 Å². The highest BCUT2D eigenvalue weighted by atomic mass is 19.1. The molecular formula is C26H34FN5O2. The molecule has 0 saturated carbocycles. The Morgan fingerprint density at radius 2 is 1.65 bits per heavy atom. The van der Waals surface area contributed by atoms with Gasteiger partial charge in [-0.15, -0.1) is 0 Å². The molecule has 2 amide bonds. The number of carbonyl (C=O) groups is 2. The van der Waals surface area contributed by atoms with Crippen LogP contribution in [0.1, 0.15) is 29.2 Å². The quantitative estimate of drug-likeness (QED) is 0.636. The summed E-state index contributed by atoms with van der Waals surface area (Å²) in [4.78, 5) is 31.9. The van der Waals surface area contributed by atoms with Crippen LogP contribution in [-0.2, 0) is 22.6 Å². The zero-order chi connectivity index (χ0) is 24.1. The summed E-state index contributed by atoms with van der Waals surface area (Å²) < 4.78 is 13.1. The number of fused-ring (bicyclic) bond motifs is 1. The molecule has 0 aliphatic carbocycles. The molecule has 34 heavy (non-hydrogen) atoms. The molecular weight excluding hydrogens is 433 g/mol. The number of hydrogen-bond donors (Lipinski definition) is 2. The molecule has 1 atom stereocenters. The third-order valence-electron chi connectivity index (χ3n) is 6.85. The van der Waals surface area contributed by atoms with E-state index in [4.69, 9.17) is 0 Å². The highest BCUT2D eigenvalue weighted by Gasteiger charge is 2.27. The molecule has 0 unspecified atom stereocenters. The monoisotopic (exact) mass is 467 g/mol. The molecule has 1 fully saturated rings. The fraction of sp³-hybridized carbons (Fsp3) is 0.462. The number of nitrogens with one attached hydrogen (secondary N) is 2. The topological polar surface area (TPSA) is 67.9 Å². The van der Waals surface area contributed by atoms with Crippen molar-refractivity contribution in [3.63, 3.8) is 0 Å². The summed E-state index contributed by atoms with van der Waals surface area (Å²) in [6.45, 7) is 5.35. The summed E-state index contributed by atoms with van der Waals surface area (Å²) >= 11 is 0. The fourth-order valence-corrected chi connectivity index (χ4v) is 4.74. The number of hydrogen-bond acceptors (Lipinski definition) is 5. The van der Waals surface area contributed by atoms with E-state index >= 15 is 0 Å². The Morgan fingerprint density at radius 3 is 2.38 bits per heavy atom. The number of carbonyl (C=O) groups excluding carboxylic acids is 2. The van der Waals surface area contributed by atoms with Crippen LogP contribution < -0.4 is 15.5 Å². The molecule has 2 heterocycles. The maximum atomic E-state index is 13.1. The summed E-state index contributed by atoms with van der Waals surface area (Å²) in [5.41, 5.74) is 4.52. The lowest BCUT2D eigenvalue weighted by atomic mass is 9.95. The van der Waals surface area contributed by atoms with Gasteiger partial charge in [-0.05, 0) is 54.8 Å². The van der Waals surface area contributed by atoms with Crippen LogP contribution in [0.4, 0.5) is 10.1 Å². The van der Waals surface area contributed by atoms with Crippen LogP contribution in [-0.4, -0.2) is 75.0 Å². The molecule has 0 spiro atoms. The Bertz CT molecular complexity index is 1000. The van der Waals surface area contributed by atoms with E-state index in [0.717, 1.165) is 51.1 Å². The molecule has 8 heteroatoms. The van der Waals surface area contributed by atoms with Gasteiger partial charge in [0.2, 0.25) is 0 Å². The summed E-state index contributed by atoms with van der Waals surface area (Å²) in [5, 5.41) is 5.46. The van der Waals surface area contributed by atoms with Gasteiger partial charge in [0.15, 0.2) is 0 Å². The average molecular weight is 468 g/mol. The predicted octanol–water partition coefficient (Wildman–Crippen LogP) is 1.93. The van der Waals surface area contributed by atoms with Gasteiger partial charge in [-0.3, -0.25) is 14.5 Å². The Labute approximate surface area is 200 Å². The van der Waals surface area contributed by atoms with E-state index in [9.17, 15) is 14.0 Å². The number of rotatable bonds is 6. The molecule has 2 N–H and O–H groups in total. The Hall–Kier alpha value is -2.97. The first-order chi connectivity index (χ1) is 16.4. The SMILES string of the molecule is CN1CCN([C@H](CNC(=O)C(=O)NCc2ccc(F)cc2)c2ccc3c(c2)CCCN3C)CC1. The number of benzene rings is 2. The number of piperazine rings is 1. The molecule has 0 radical (unpaired) electrons. The van der Waals surface area contributed by atoms with Crippen LogP contribution in [0.5, 0.6) is 0 Å². The average Bonchev–Trinajstić information content (AvgIpc) is 2.84. The Balaban J connectivity index is 1.42. The van der Waals surface area contributed by atoms with Crippen molar-refractivity contribution < 1.29 is 14.0 Å². The summed E-state index contributed by atoms with van der Waals surface area (Å²) in [6.07, 6.45) is 2.19. The van der Waals surface area contributed by atoms with E-state index in [0.29, 0.717) is 6.54 Å². The van der Waals surface area contributed by atoms with Crippen molar-refractivity contribution in [2.45, 2.75) is 25.4 Å². The molecule has 0 bridgehead atoms. The normalized spacial score (nSPS) is 17.7. The number of anilines is 1.